The topological polar surface area (TPSA) is 115 Å². The summed E-state index contributed by atoms with van der Waals surface area (Å²) in [4.78, 5) is 47.6. The van der Waals surface area contributed by atoms with Gasteiger partial charge in [0.2, 0.25) is 5.88 Å². The zero-order valence-electron chi connectivity index (χ0n) is 23.1. The SMILES string of the molecule is CCCNC(=O)N(C)C[C@@H]1Oc2ncc(-c3ccc(C(=O)N(C)C)cc3)cc2C(=O)N([C@H](C)CO)C[C@H]1C. The first-order valence-electron chi connectivity index (χ1n) is 13.0. The number of amides is 4. The lowest BCUT2D eigenvalue weighted by atomic mass is 9.99. The molecule has 0 unspecified atom stereocenters. The number of fused-ring (bicyclic) bond motifs is 1. The molecule has 0 saturated carbocycles. The molecule has 0 aliphatic carbocycles. The summed E-state index contributed by atoms with van der Waals surface area (Å²) >= 11 is 0. The Morgan fingerprint density at radius 3 is 2.50 bits per heavy atom. The van der Waals surface area contributed by atoms with Crippen LogP contribution in [0.15, 0.2) is 36.5 Å². The van der Waals surface area contributed by atoms with Crippen LogP contribution in [0, 0.1) is 5.92 Å². The van der Waals surface area contributed by atoms with E-state index in [1.807, 2.05) is 26.0 Å². The van der Waals surface area contributed by atoms with E-state index in [0.717, 1.165) is 12.0 Å². The number of pyridine rings is 1. The summed E-state index contributed by atoms with van der Waals surface area (Å²) in [6, 6.07) is 8.24. The number of likely N-dealkylation sites (N-methyl/N-ethyl adjacent to an activating group) is 1. The zero-order valence-corrected chi connectivity index (χ0v) is 23.1. The van der Waals surface area contributed by atoms with Gasteiger partial charge in [0.15, 0.2) is 0 Å². The first kappa shape index (κ1) is 28.9. The fourth-order valence-corrected chi connectivity index (χ4v) is 4.26. The summed E-state index contributed by atoms with van der Waals surface area (Å²) in [6.07, 6.45) is 2.04. The molecule has 2 heterocycles. The summed E-state index contributed by atoms with van der Waals surface area (Å²) < 4.78 is 6.28. The molecule has 4 amide bonds. The number of carbonyl (C=O) groups excluding carboxylic acids is 3. The molecular weight excluding hydrogens is 486 g/mol. The maximum absolute atomic E-state index is 13.7. The van der Waals surface area contributed by atoms with E-state index in [4.69, 9.17) is 4.74 Å². The van der Waals surface area contributed by atoms with E-state index in [0.29, 0.717) is 30.8 Å². The number of nitrogens with zero attached hydrogens (tertiary/aromatic N) is 4. The van der Waals surface area contributed by atoms with E-state index >= 15 is 0 Å². The first-order valence-corrected chi connectivity index (χ1v) is 13.0. The number of hydrogen-bond acceptors (Lipinski definition) is 6. The molecule has 1 aliphatic heterocycles. The van der Waals surface area contributed by atoms with Gasteiger partial charge in [0, 0.05) is 57.5 Å². The van der Waals surface area contributed by atoms with Crippen molar-refractivity contribution in [3.05, 3.63) is 47.7 Å². The van der Waals surface area contributed by atoms with Gasteiger partial charge in [0.1, 0.15) is 11.7 Å². The van der Waals surface area contributed by atoms with Crippen LogP contribution in [0.3, 0.4) is 0 Å². The lowest BCUT2D eigenvalue weighted by molar-refractivity contribution is 0.0352. The maximum Gasteiger partial charge on any atom is 0.317 e. The Labute approximate surface area is 224 Å². The Kier molecular flexibility index (Phi) is 9.68. The number of ether oxygens (including phenoxy) is 1. The van der Waals surface area contributed by atoms with Gasteiger partial charge in [-0.2, -0.15) is 0 Å². The molecule has 206 valence electrons. The van der Waals surface area contributed by atoms with E-state index in [2.05, 4.69) is 10.3 Å². The van der Waals surface area contributed by atoms with Crippen molar-refractivity contribution < 1.29 is 24.2 Å². The van der Waals surface area contributed by atoms with Crippen LogP contribution in [0.25, 0.3) is 11.1 Å². The maximum atomic E-state index is 13.7. The van der Waals surface area contributed by atoms with Gasteiger partial charge < -0.3 is 29.9 Å². The number of aromatic nitrogens is 1. The number of urea groups is 1. The number of rotatable bonds is 8. The van der Waals surface area contributed by atoms with Crippen molar-refractivity contribution in [2.24, 2.45) is 5.92 Å². The minimum absolute atomic E-state index is 0.0985. The largest absolute Gasteiger partial charge is 0.472 e. The van der Waals surface area contributed by atoms with Crippen LogP contribution in [0.5, 0.6) is 5.88 Å². The summed E-state index contributed by atoms with van der Waals surface area (Å²) in [7, 11) is 5.11. The highest BCUT2D eigenvalue weighted by Gasteiger charge is 2.34. The third kappa shape index (κ3) is 6.61. The molecular formula is C28H39N5O5. The molecule has 2 aromatic rings. The second-order valence-electron chi connectivity index (χ2n) is 10.1. The molecule has 0 saturated heterocycles. The van der Waals surface area contributed by atoms with Crippen LogP contribution < -0.4 is 10.1 Å². The van der Waals surface area contributed by atoms with Gasteiger partial charge in [-0.1, -0.05) is 26.0 Å². The highest BCUT2D eigenvalue weighted by atomic mass is 16.5. The monoisotopic (exact) mass is 525 g/mol. The highest BCUT2D eigenvalue weighted by Crippen LogP contribution is 2.30. The van der Waals surface area contributed by atoms with E-state index in [-0.39, 0.29) is 41.8 Å². The van der Waals surface area contributed by atoms with Crippen molar-refractivity contribution in [3.8, 4) is 17.0 Å². The van der Waals surface area contributed by atoms with Crippen molar-refractivity contribution in [2.75, 3.05) is 47.4 Å². The highest BCUT2D eigenvalue weighted by molar-refractivity contribution is 5.98. The van der Waals surface area contributed by atoms with Crippen LogP contribution in [0.4, 0.5) is 4.79 Å². The molecule has 2 N–H and O–H groups in total. The average Bonchev–Trinajstić information content (AvgIpc) is 2.92. The van der Waals surface area contributed by atoms with E-state index in [1.165, 1.54) is 4.90 Å². The summed E-state index contributed by atoms with van der Waals surface area (Å²) in [6.45, 7) is 6.79. The van der Waals surface area contributed by atoms with E-state index in [9.17, 15) is 19.5 Å². The number of benzene rings is 1. The van der Waals surface area contributed by atoms with Crippen molar-refractivity contribution in [1.29, 1.82) is 0 Å². The molecule has 0 bridgehead atoms. The quantitative estimate of drug-likeness (QED) is 0.548. The summed E-state index contributed by atoms with van der Waals surface area (Å²) in [5.74, 6) is -0.328. The van der Waals surface area contributed by atoms with Gasteiger partial charge in [0.05, 0.1) is 19.2 Å². The van der Waals surface area contributed by atoms with Gasteiger partial charge >= 0.3 is 6.03 Å². The van der Waals surface area contributed by atoms with Gasteiger partial charge in [-0.15, -0.1) is 0 Å². The van der Waals surface area contributed by atoms with Crippen molar-refractivity contribution in [1.82, 2.24) is 25.0 Å². The second kappa shape index (κ2) is 12.7. The molecule has 1 aromatic carbocycles. The van der Waals surface area contributed by atoms with E-state index in [1.54, 1.807) is 62.3 Å². The Bertz CT molecular complexity index is 1140. The lowest BCUT2D eigenvalue weighted by Gasteiger charge is -2.37. The lowest BCUT2D eigenvalue weighted by Crippen LogP contribution is -2.51. The minimum atomic E-state index is -0.428. The molecule has 3 atom stereocenters. The normalized spacial score (nSPS) is 18.0. The standard InChI is InChI=1S/C28H39N5O5/c1-7-12-29-28(37)32(6)16-24-18(2)15-33(19(3)17-34)27(36)23-13-22(14-30-25(23)38-24)20-8-10-21(11-9-20)26(35)31(4)5/h8-11,13-14,18-19,24,34H,7,12,15-17H2,1-6H3,(H,29,37)/t18-,19-,24+/m1/s1. The molecule has 10 heteroatoms. The van der Waals surface area contributed by atoms with Crippen LogP contribution >= 0.6 is 0 Å². The Hall–Kier alpha value is -3.66. The van der Waals surface area contributed by atoms with Crippen LogP contribution in [0.2, 0.25) is 0 Å². The van der Waals surface area contributed by atoms with Crippen molar-refractivity contribution in [3.63, 3.8) is 0 Å². The van der Waals surface area contributed by atoms with Crippen molar-refractivity contribution in [2.45, 2.75) is 39.3 Å². The van der Waals surface area contributed by atoms with Crippen molar-refractivity contribution >= 4 is 17.8 Å². The molecule has 1 aliphatic rings. The summed E-state index contributed by atoms with van der Waals surface area (Å²) in [5.41, 5.74) is 2.34. The van der Waals surface area contributed by atoms with Crippen LogP contribution in [0.1, 0.15) is 47.9 Å². The fraction of sp³-hybridized carbons (Fsp3) is 0.500. The number of nitrogens with one attached hydrogen (secondary N) is 1. The predicted octanol–water partition coefficient (Wildman–Crippen LogP) is 2.72. The van der Waals surface area contributed by atoms with Crippen LogP contribution in [-0.4, -0.2) is 102 Å². The predicted molar refractivity (Wildman–Crippen MR) is 145 cm³/mol. The molecule has 10 nitrogen and oxygen atoms in total. The van der Waals surface area contributed by atoms with Gasteiger partial charge in [-0.25, -0.2) is 9.78 Å². The molecule has 3 rings (SSSR count). The smallest absolute Gasteiger partial charge is 0.317 e. The minimum Gasteiger partial charge on any atom is -0.472 e. The summed E-state index contributed by atoms with van der Waals surface area (Å²) in [5, 5.41) is 12.7. The number of hydrogen-bond donors (Lipinski definition) is 2. The Balaban J connectivity index is 1.96. The second-order valence-corrected chi connectivity index (χ2v) is 10.1. The fourth-order valence-electron chi connectivity index (χ4n) is 4.26. The number of carbonyl (C=O) groups is 3. The molecule has 0 spiro atoms. The Morgan fingerprint density at radius 1 is 1.21 bits per heavy atom. The Morgan fingerprint density at radius 2 is 1.89 bits per heavy atom. The molecule has 0 fully saturated rings. The first-order chi connectivity index (χ1) is 18.1. The molecule has 38 heavy (non-hydrogen) atoms. The van der Waals surface area contributed by atoms with Gasteiger partial charge in [-0.05, 0) is 37.1 Å². The molecule has 1 aromatic heterocycles. The van der Waals surface area contributed by atoms with E-state index < -0.39 is 12.1 Å². The third-order valence-electron chi connectivity index (χ3n) is 6.72. The van der Waals surface area contributed by atoms with Gasteiger partial charge in [-0.3, -0.25) is 9.59 Å². The molecule has 0 radical (unpaired) electrons. The van der Waals surface area contributed by atoms with Crippen LogP contribution in [-0.2, 0) is 0 Å². The van der Waals surface area contributed by atoms with Gasteiger partial charge in [0.25, 0.3) is 11.8 Å². The zero-order chi connectivity index (χ0) is 28.0. The third-order valence-corrected chi connectivity index (χ3v) is 6.72. The average molecular weight is 526 g/mol. The number of aliphatic hydroxyl groups excluding tert-OH is 1. The number of aliphatic hydroxyl groups is 1.